The van der Waals surface area contributed by atoms with Gasteiger partial charge in [-0.3, -0.25) is 9.36 Å². The van der Waals surface area contributed by atoms with Gasteiger partial charge in [-0.15, -0.1) is 0 Å². The van der Waals surface area contributed by atoms with Gasteiger partial charge in [0, 0.05) is 26.1 Å². The monoisotopic (exact) mass is 408 g/mol. The Kier molecular flexibility index (Phi) is 6.89. The molecule has 0 spiro atoms. The number of nitrogens with one attached hydrogen (secondary N) is 1. The minimum absolute atomic E-state index is 0.00722. The van der Waals surface area contributed by atoms with E-state index in [1.54, 1.807) is 11.6 Å². The molecule has 0 aromatic carbocycles. The quantitative estimate of drug-likeness (QED) is 0.723. The highest BCUT2D eigenvalue weighted by Crippen LogP contribution is 2.28. The van der Waals surface area contributed by atoms with Crippen LogP contribution in [0.4, 0.5) is 4.39 Å². The van der Waals surface area contributed by atoms with E-state index in [-0.39, 0.29) is 30.0 Å². The number of halogens is 1. The van der Waals surface area contributed by atoms with E-state index in [0.717, 1.165) is 25.7 Å². The smallest absolute Gasteiger partial charge is 0.298 e. The average molecular weight is 408 g/mol. The number of nitrogens with zero attached hydrogens (tertiary/aromatic N) is 3. The first-order chi connectivity index (χ1) is 13.9. The maximum Gasteiger partial charge on any atom is 0.298 e. The number of rotatable bonds is 8. The van der Waals surface area contributed by atoms with E-state index in [1.165, 1.54) is 13.0 Å². The highest BCUT2D eigenvalue weighted by molar-refractivity contribution is 5.73. The molecule has 8 nitrogen and oxygen atoms in total. The normalized spacial score (nSPS) is 20.4. The molecule has 0 unspecified atom stereocenters. The first-order valence-corrected chi connectivity index (χ1v) is 10.1. The predicted octanol–water partition coefficient (Wildman–Crippen LogP) is 2.74. The van der Waals surface area contributed by atoms with Crippen LogP contribution in [0.25, 0.3) is 11.2 Å². The maximum absolute atomic E-state index is 14.5. The van der Waals surface area contributed by atoms with Crippen molar-refractivity contribution >= 4 is 17.1 Å². The van der Waals surface area contributed by atoms with Crippen LogP contribution in [0, 0.1) is 5.82 Å². The third-order valence-electron chi connectivity index (χ3n) is 4.93. The fourth-order valence-electron chi connectivity index (χ4n) is 3.54. The van der Waals surface area contributed by atoms with E-state index in [4.69, 9.17) is 14.2 Å². The van der Waals surface area contributed by atoms with Crippen molar-refractivity contribution in [1.29, 1.82) is 0 Å². The van der Waals surface area contributed by atoms with Crippen molar-refractivity contribution in [1.82, 2.24) is 19.9 Å². The van der Waals surface area contributed by atoms with E-state index in [9.17, 15) is 9.18 Å². The molecule has 2 heterocycles. The zero-order valence-electron chi connectivity index (χ0n) is 17.4. The van der Waals surface area contributed by atoms with E-state index in [2.05, 4.69) is 15.3 Å². The number of carbonyl (C=O) groups is 1. The lowest BCUT2D eigenvalue weighted by Gasteiger charge is -2.29. The molecule has 0 aliphatic heterocycles. The Hall–Kier alpha value is -2.42. The number of imidazole rings is 1. The van der Waals surface area contributed by atoms with Gasteiger partial charge >= 0.3 is 0 Å². The van der Waals surface area contributed by atoms with Gasteiger partial charge in [0.05, 0.1) is 19.3 Å². The number of aromatic nitrogens is 3. The van der Waals surface area contributed by atoms with Crippen LogP contribution in [0.3, 0.4) is 0 Å². The fraction of sp³-hybridized carbons (Fsp3) is 0.650. The Morgan fingerprint density at radius 1 is 1.31 bits per heavy atom. The molecule has 2 aromatic heterocycles. The van der Waals surface area contributed by atoms with Crippen LogP contribution in [0.5, 0.6) is 11.9 Å². The SMILES string of the molecule is CCOc1nc2cc(F)c(O[C@H]3CC[C@H](OC[C@H](C)NC(C)=O)CC3)nc2n1C. The molecule has 1 fully saturated rings. The van der Waals surface area contributed by atoms with Crippen molar-refractivity contribution in [2.75, 3.05) is 13.2 Å². The minimum Gasteiger partial charge on any atom is -0.472 e. The van der Waals surface area contributed by atoms with Crippen molar-refractivity contribution in [2.45, 2.75) is 64.7 Å². The number of aryl methyl sites for hydroxylation is 1. The van der Waals surface area contributed by atoms with E-state index in [1.807, 2.05) is 13.8 Å². The number of hydrogen-bond donors (Lipinski definition) is 1. The van der Waals surface area contributed by atoms with Gasteiger partial charge in [0.1, 0.15) is 11.6 Å². The molecule has 9 heteroatoms. The lowest BCUT2D eigenvalue weighted by atomic mass is 9.95. The van der Waals surface area contributed by atoms with Crippen molar-refractivity contribution in [3.63, 3.8) is 0 Å². The van der Waals surface area contributed by atoms with Crippen LogP contribution in [-0.4, -0.2) is 51.9 Å². The lowest BCUT2D eigenvalue weighted by Crippen LogP contribution is -2.37. The van der Waals surface area contributed by atoms with Crippen LogP contribution in [0.15, 0.2) is 6.07 Å². The Labute approximate surface area is 169 Å². The summed E-state index contributed by atoms with van der Waals surface area (Å²) in [6.45, 7) is 6.22. The highest BCUT2D eigenvalue weighted by Gasteiger charge is 2.25. The van der Waals surface area contributed by atoms with E-state index < -0.39 is 5.82 Å². The van der Waals surface area contributed by atoms with Crippen LogP contribution < -0.4 is 14.8 Å². The van der Waals surface area contributed by atoms with Crippen molar-refractivity contribution in [3.8, 4) is 11.9 Å². The fourth-order valence-corrected chi connectivity index (χ4v) is 3.54. The third-order valence-corrected chi connectivity index (χ3v) is 4.93. The number of pyridine rings is 1. The van der Waals surface area contributed by atoms with Crippen LogP contribution in [-0.2, 0) is 16.6 Å². The largest absolute Gasteiger partial charge is 0.472 e. The van der Waals surface area contributed by atoms with E-state index in [0.29, 0.717) is 30.4 Å². The summed E-state index contributed by atoms with van der Waals surface area (Å²) >= 11 is 0. The molecule has 160 valence electrons. The molecule has 1 atom stereocenters. The predicted molar refractivity (Wildman–Crippen MR) is 106 cm³/mol. The average Bonchev–Trinajstić information content (AvgIpc) is 2.96. The summed E-state index contributed by atoms with van der Waals surface area (Å²) in [7, 11) is 1.78. The number of fused-ring (bicyclic) bond motifs is 1. The van der Waals surface area contributed by atoms with Gasteiger partial charge in [0.25, 0.3) is 11.9 Å². The number of ether oxygens (including phenoxy) is 3. The summed E-state index contributed by atoms with van der Waals surface area (Å²) in [5, 5.41) is 2.80. The summed E-state index contributed by atoms with van der Waals surface area (Å²) in [5.41, 5.74) is 0.958. The van der Waals surface area contributed by atoms with Crippen molar-refractivity contribution < 1.29 is 23.4 Å². The molecule has 1 aliphatic carbocycles. The zero-order valence-corrected chi connectivity index (χ0v) is 17.4. The molecule has 1 N–H and O–H groups in total. The third kappa shape index (κ3) is 5.35. The van der Waals surface area contributed by atoms with Crippen LogP contribution in [0.1, 0.15) is 46.5 Å². The van der Waals surface area contributed by atoms with Gasteiger partial charge in [-0.2, -0.15) is 9.97 Å². The van der Waals surface area contributed by atoms with Gasteiger partial charge in [0.2, 0.25) is 5.91 Å². The number of amides is 1. The lowest BCUT2D eigenvalue weighted by molar-refractivity contribution is -0.120. The Balaban J connectivity index is 1.56. The van der Waals surface area contributed by atoms with E-state index >= 15 is 0 Å². The van der Waals surface area contributed by atoms with Crippen molar-refractivity contribution in [3.05, 3.63) is 11.9 Å². The molecular weight excluding hydrogens is 379 g/mol. The highest BCUT2D eigenvalue weighted by atomic mass is 19.1. The number of hydrogen-bond acceptors (Lipinski definition) is 6. The summed E-state index contributed by atoms with van der Waals surface area (Å²) in [5.74, 6) is -0.597. The van der Waals surface area contributed by atoms with Crippen molar-refractivity contribution in [2.24, 2.45) is 7.05 Å². The number of carbonyl (C=O) groups excluding carboxylic acids is 1. The topological polar surface area (TPSA) is 87.5 Å². The maximum atomic E-state index is 14.5. The molecule has 29 heavy (non-hydrogen) atoms. The summed E-state index contributed by atoms with van der Waals surface area (Å²) in [4.78, 5) is 19.6. The minimum atomic E-state index is -0.527. The summed E-state index contributed by atoms with van der Waals surface area (Å²) in [6, 6.07) is 1.71. The van der Waals surface area contributed by atoms with Gasteiger partial charge in [-0.1, -0.05) is 0 Å². The van der Waals surface area contributed by atoms with Crippen LogP contribution in [0.2, 0.25) is 0 Å². The molecule has 1 aliphatic rings. The van der Waals surface area contributed by atoms with Gasteiger partial charge in [-0.05, 0) is 39.5 Å². The first-order valence-electron chi connectivity index (χ1n) is 10.1. The molecule has 0 saturated heterocycles. The Morgan fingerprint density at radius 2 is 2.00 bits per heavy atom. The first kappa shape index (κ1) is 21.3. The zero-order chi connectivity index (χ0) is 21.0. The molecule has 0 bridgehead atoms. The molecular formula is C20H29FN4O4. The van der Waals surface area contributed by atoms with Gasteiger partial charge < -0.3 is 19.5 Å². The van der Waals surface area contributed by atoms with Crippen LogP contribution >= 0.6 is 0 Å². The van der Waals surface area contributed by atoms with Gasteiger partial charge in [0.15, 0.2) is 11.5 Å². The molecule has 0 radical (unpaired) electrons. The Bertz CT molecular complexity index is 849. The second-order valence-corrected chi connectivity index (χ2v) is 7.46. The summed E-state index contributed by atoms with van der Waals surface area (Å²) < 4.78 is 33.3. The molecule has 1 saturated carbocycles. The second kappa shape index (κ2) is 9.39. The molecule has 1 amide bonds. The Morgan fingerprint density at radius 3 is 2.66 bits per heavy atom. The molecule has 3 rings (SSSR count). The standard InChI is InChI=1S/C20H29FN4O4/c1-5-27-20-23-17-10-16(21)19(24-18(17)25(20)4)29-15-8-6-14(7-9-15)28-11-12(2)22-13(3)26/h10,12,14-15H,5-9,11H2,1-4H3,(H,22,26)/t12-,14-,15-/m0/s1. The van der Waals surface area contributed by atoms with Gasteiger partial charge in [-0.25, -0.2) is 4.39 Å². The second-order valence-electron chi connectivity index (χ2n) is 7.46. The summed E-state index contributed by atoms with van der Waals surface area (Å²) in [6.07, 6.45) is 3.17. The molecule has 2 aromatic rings.